The van der Waals surface area contributed by atoms with Gasteiger partial charge in [0.2, 0.25) is 0 Å². The smallest absolute Gasteiger partial charge is 0.199 e. The summed E-state index contributed by atoms with van der Waals surface area (Å²) in [4.78, 5) is 3.96. The van der Waals surface area contributed by atoms with Gasteiger partial charge in [0.25, 0.3) is 0 Å². The molecule has 0 amide bonds. The molecule has 0 saturated heterocycles. The average Bonchev–Trinajstić information content (AvgIpc) is 2.80. The molecule has 4 nitrogen and oxygen atoms in total. The molecule has 1 aliphatic heterocycles. The molecule has 90 valence electrons. The van der Waals surface area contributed by atoms with Crippen molar-refractivity contribution in [1.29, 1.82) is 0 Å². The molecule has 1 aromatic rings. The van der Waals surface area contributed by atoms with Gasteiger partial charge in [0.1, 0.15) is 12.4 Å². The summed E-state index contributed by atoms with van der Waals surface area (Å²) in [5.41, 5.74) is 0.852. The van der Waals surface area contributed by atoms with E-state index in [2.05, 4.69) is 4.99 Å². The molecular formula is C12H13NO3S. The highest BCUT2D eigenvalue weighted by molar-refractivity contribution is 7.95. The Bertz CT molecular complexity index is 532. The average molecular weight is 251 g/mol. The van der Waals surface area contributed by atoms with Crippen LogP contribution in [0.4, 0.5) is 0 Å². The van der Waals surface area contributed by atoms with Gasteiger partial charge in [-0.15, -0.1) is 0 Å². The van der Waals surface area contributed by atoms with E-state index in [1.165, 1.54) is 5.41 Å². The van der Waals surface area contributed by atoms with E-state index in [0.29, 0.717) is 19.0 Å². The number of rotatable bonds is 4. The number of nitrogens with zero attached hydrogens (tertiary/aromatic N) is 1. The lowest BCUT2D eigenvalue weighted by molar-refractivity contribution is 0.345. The van der Waals surface area contributed by atoms with E-state index in [1.54, 1.807) is 6.08 Å². The van der Waals surface area contributed by atoms with Crippen LogP contribution in [-0.2, 0) is 14.6 Å². The largest absolute Gasteiger partial charge is 0.478 e. The van der Waals surface area contributed by atoms with Crippen molar-refractivity contribution < 1.29 is 13.2 Å². The third kappa shape index (κ3) is 3.71. The summed E-state index contributed by atoms with van der Waals surface area (Å²) in [7, 11) is -3.30. The van der Waals surface area contributed by atoms with Crippen molar-refractivity contribution in [2.45, 2.75) is 0 Å². The van der Waals surface area contributed by atoms with Crippen molar-refractivity contribution >= 4 is 21.8 Å². The van der Waals surface area contributed by atoms with Gasteiger partial charge in [-0.25, -0.2) is 8.42 Å². The van der Waals surface area contributed by atoms with Crippen molar-refractivity contribution in [2.24, 2.45) is 4.99 Å². The molecule has 0 fully saturated rings. The summed E-state index contributed by atoms with van der Waals surface area (Å²) < 4.78 is 28.5. The van der Waals surface area contributed by atoms with Crippen LogP contribution >= 0.6 is 0 Å². The molecule has 0 unspecified atom stereocenters. The van der Waals surface area contributed by atoms with Crippen LogP contribution in [0.3, 0.4) is 0 Å². The molecule has 0 saturated carbocycles. The van der Waals surface area contributed by atoms with Gasteiger partial charge >= 0.3 is 0 Å². The maximum Gasteiger partial charge on any atom is 0.199 e. The summed E-state index contributed by atoms with van der Waals surface area (Å²) in [6.07, 6.45) is 1.57. The first kappa shape index (κ1) is 11.9. The number of hydrogen-bond acceptors (Lipinski definition) is 4. The standard InChI is InChI=1S/C12H13NO3S/c14-17(15,10-12-13-7-8-16-12)9-6-11-4-2-1-3-5-11/h1-6,9H,7-8,10H2/b9-6+. The third-order valence-corrected chi connectivity index (χ3v) is 3.44. The number of ether oxygens (including phenoxy) is 1. The van der Waals surface area contributed by atoms with Gasteiger partial charge in [0, 0.05) is 5.41 Å². The van der Waals surface area contributed by atoms with Crippen molar-refractivity contribution in [2.75, 3.05) is 18.9 Å². The topological polar surface area (TPSA) is 55.7 Å². The number of aliphatic imine (C=N–C) groups is 1. The highest BCUT2D eigenvalue weighted by atomic mass is 32.2. The molecule has 0 spiro atoms. The SMILES string of the molecule is O=S(=O)(/C=C/c1ccccc1)CC1=NCCO1. The van der Waals surface area contributed by atoms with Crippen LogP contribution in [0.1, 0.15) is 5.56 Å². The number of hydrogen-bond donors (Lipinski definition) is 0. The number of benzene rings is 1. The van der Waals surface area contributed by atoms with Crippen LogP contribution in [0.25, 0.3) is 6.08 Å². The van der Waals surface area contributed by atoms with Gasteiger partial charge < -0.3 is 4.74 Å². The quantitative estimate of drug-likeness (QED) is 0.815. The summed E-state index contributed by atoms with van der Waals surface area (Å²) in [5.74, 6) is 0.152. The summed E-state index contributed by atoms with van der Waals surface area (Å²) in [5, 5.41) is 1.20. The first-order chi connectivity index (χ1) is 8.16. The minimum absolute atomic E-state index is 0.156. The molecule has 0 radical (unpaired) electrons. The van der Waals surface area contributed by atoms with Crippen molar-refractivity contribution in [3.8, 4) is 0 Å². The predicted octanol–water partition coefficient (Wildman–Crippen LogP) is 1.50. The number of sulfone groups is 1. The molecule has 0 bridgehead atoms. The fraction of sp³-hybridized carbons (Fsp3) is 0.250. The Labute approximate surface area is 101 Å². The van der Waals surface area contributed by atoms with E-state index in [0.717, 1.165) is 5.56 Å². The fourth-order valence-corrected chi connectivity index (χ4v) is 2.41. The van der Waals surface area contributed by atoms with E-state index in [1.807, 2.05) is 30.3 Å². The molecule has 17 heavy (non-hydrogen) atoms. The zero-order chi connectivity index (χ0) is 12.1. The molecule has 1 heterocycles. The molecule has 1 aromatic carbocycles. The first-order valence-corrected chi connectivity index (χ1v) is 6.99. The minimum Gasteiger partial charge on any atom is -0.478 e. The minimum atomic E-state index is -3.30. The van der Waals surface area contributed by atoms with Crippen LogP contribution < -0.4 is 0 Å². The monoisotopic (exact) mass is 251 g/mol. The summed E-state index contributed by atoms with van der Waals surface area (Å²) in [6, 6.07) is 9.28. The van der Waals surface area contributed by atoms with Crippen molar-refractivity contribution in [1.82, 2.24) is 0 Å². The molecule has 2 rings (SSSR count). The Balaban J connectivity index is 2.04. The first-order valence-electron chi connectivity index (χ1n) is 5.28. The zero-order valence-electron chi connectivity index (χ0n) is 9.24. The van der Waals surface area contributed by atoms with Crippen LogP contribution in [0, 0.1) is 0 Å². The Morgan fingerprint density at radius 2 is 2.06 bits per heavy atom. The highest BCUT2D eigenvalue weighted by Gasteiger charge is 2.15. The fourth-order valence-electron chi connectivity index (χ4n) is 1.43. The van der Waals surface area contributed by atoms with E-state index < -0.39 is 9.84 Å². The van der Waals surface area contributed by atoms with Gasteiger partial charge in [-0.05, 0) is 11.6 Å². The van der Waals surface area contributed by atoms with E-state index in [4.69, 9.17) is 4.74 Å². The van der Waals surface area contributed by atoms with E-state index in [-0.39, 0.29) is 5.75 Å². The van der Waals surface area contributed by atoms with Gasteiger partial charge in [-0.3, -0.25) is 4.99 Å². The molecule has 0 N–H and O–H groups in total. The van der Waals surface area contributed by atoms with Crippen LogP contribution in [0.15, 0.2) is 40.7 Å². The second-order valence-electron chi connectivity index (χ2n) is 3.64. The van der Waals surface area contributed by atoms with Crippen molar-refractivity contribution in [3.05, 3.63) is 41.3 Å². The maximum atomic E-state index is 11.7. The molecular weight excluding hydrogens is 238 g/mol. The molecule has 1 aliphatic rings. The van der Waals surface area contributed by atoms with E-state index >= 15 is 0 Å². The lowest BCUT2D eigenvalue weighted by Gasteiger charge is -1.99. The Morgan fingerprint density at radius 3 is 2.71 bits per heavy atom. The Hall–Kier alpha value is -1.62. The second-order valence-corrected chi connectivity index (χ2v) is 5.53. The van der Waals surface area contributed by atoms with Crippen LogP contribution in [0.2, 0.25) is 0 Å². The Morgan fingerprint density at radius 1 is 1.29 bits per heavy atom. The maximum absolute atomic E-state index is 11.7. The second kappa shape index (κ2) is 5.14. The lowest BCUT2D eigenvalue weighted by atomic mass is 10.2. The van der Waals surface area contributed by atoms with Gasteiger partial charge in [-0.1, -0.05) is 30.3 Å². The molecule has 5 heteroatoms. The van der Waals surface area contributed by atoms with Crippen LogP contribution in [0.5, 0.6) is 0 Å². The van der Waals surface area contributed by atoms with Crippen molar-refractivity contribution in [3.63, 3.8) is 0 Å². The summed E-state index contributed by atoms with van der Waals surface area (Å²) in [6.45, 7) is 1.03. The van der Waals surface area contributed by atoms with Crippen LogP contribution in [-0.4, -0.2) is 33.2 Å². The highest BCUT2D eigenvalue weighted by Crippen LogP contribution is 2.06. The summed E-state index contributed by atoms with van der Waals surface area (Å²) >= 11 is 0. The zero-order valence-corrected chi connectivity index (χ0v) is 10.1. The van der Waals surface area contributed by atoms with Gasteiger partial charge in [0.15, 0.2) is 15.7 Å². The molecule has 0 aromatic heterocycles. The molecule has 0 atom stereocenters. The van der Waals surface area contributed by atoms with Gasteiger partial charge in [0.05, 0.1) is 6.54 Å². The van der Waals surface area contributed by atoms with Gasteiger partial charge in [-0.2, -0.15) is 0 Å². The normalized spacial score (nSPS) is 15.9. The van der Waals surface area contributed by atoms with E-state index in [9.17, 15) is 8.42 Å². The molecule has 0 aliphatic carbocycles. The Kier molecular flexibility index (Phi) is 3.58. The predicted molar refractivity (Wildman–Crippen MR) is 67.5 cm³/mol. The third-order valence-electron chi connectivity index (χ3n) is 2.24. The lowest BCUT2D eigenvalue weighted by Crippen LogP contribution is -2.13.